The van der Waals surface area contributed by atoms with Gasteiger partial charge in [-0.2, -0.15) is 0 Å². The summed E-state index contributed by atoms with van der Waals surface area (Å²) in [4.78, 5) is 22.8. The third kappa shape index (κ3) is 3.63. The Bertz CT molecular complexity index is 678. The third-order valence-corrected chi connectivity index (χ3v) is 11.3. The number of rotatable bonds is 8. The number of ether oxygens (including phenoxy) is 2. The normalized spacial score (nSPS) is 48.7. The highest BCUT2D eigenvalue weighted by molar-refractivity contribution is 5.38. The van der Waals surface area contributed by atoms with Crippen molar-refractivity contribution in [2.45, 2.75) is 111 Å². The van der Waals surface area contributed by atoms with Gasteiger partial charge in [0.1, 0.15) is 12.2 Å². The number of fused-ring (bicyclic) bond motifs is 5. The topological polar surface area (TPSA) is 52.6 Å². The van der Waals surface area contributed by atoms with Gasteiger partial charge in [-0.3, -0.25) is 9.59 Å². The van der Waals surface area contributed by atoms with Gasteiger partial charge in [0, 0.05) is 5.92 Å². The molecule has 4 saturated carbocycles. The first-order valence-corrected chi connectivity index (χ1v) is 13.5. The lowest BCUT2D eigenvalue weighted by Crippen LogP contribution is -2.62. The quantitative estimate of drug-likeness (QED) is 0.404. The molecule has 4 rings (SSSR count). The molecule has 0 aromatic heterocycles. The van der Waals surface area contributed by atoms with Gasteiger partial charge in [-0.05, 0) is 97.7 Å². The minimum Gasteiger partial charge on any atom is -0.465 e. The van der Waals surface area contributed by atoms with Crippen LogP contribution in [0.3, 0.4) is 0 Å². The van der Waals surface area contributed by atoms with Gasteiger partial charge >= 0.3 is 0 Å². The molecule has 0 bridgehead atoms. The summed E-state index contributed by atoms with van der Waals surface area (Å²) < 4.78 is 11.5. The first kappa shape index (κ1) is 24.1. The molecule has 4 fully saturated rings. The van der Waals surface area contributed by atoms with Crippen LogP contribution in [0.15, 0.2) is 0 Å². The average Bonchev–Trinajstić information content (AvgIpc) is 3.12. The maximum atomic E-state index is 11.8. The van der Waals surface area contributed by atoms with Crippen LogP contribution in [0.1, 0.15) is 98.8 Å². The summed E-state index contributed by atoms with van der Waals surface area (Å²) in [5, 5.41) is 0. The fraction of sp³-hybridized carbons (Fsp3) is 0.929. The summed E-state index contributed by atoms with van der Waals surface area (Å²) in [5.41, 5.74) is 0.630. The number of carbonyl (C=O) groups excluding carboxylic acids is 2. The zero-order chi connectivity index (χ0) is 23.1. The van der Waals surface area contributed by atoms with Crippen molar-refractivity contribution in [3.05, 3.63) is 0 Å². The smallest absolute Gasteiger partial charge is 0.293 e. The van der Waals surface area contributed by atoms with Gasteiger partial charge < -0.3 is 9.47 Å². The van der Waals surface area contributed by atoms with E-state index in [1.54, 1.807) is 0 Å². The highest BCUT2D eigenvalue weighted by Crippen LogP contribution is 2.70. The molecule has 0 spiro atoms. The van der Waals surface area contributed by atoms with Crippen molar-refractivity contribution >= 4 is 12.9 Å². The number of hydrogen-bond acceptors (Lipinski definition) is 4. The highest BCUT2D eigenvalue weighted by atomic mass is 16.5. The molecule has 11 atom stereocenters. The molecule has 0 aromatic carbocycles. The Labute approximate surface area is 195 Å². The molecule has 0 amide bonds. The van der Waals surface area contributed by atoms with Gasteiger partial charge in [0.25, 0.3) is 12.9 Å². The van der Waals surface area contributed by atoms with E-state index in [0.717, 1.165) is 44.0 Å². The maximum absolute atomic E-state index is 11.8. The van der Waals surface area contributed by atoms with Crippen LogP contribution in [0.5, 0.6) is 0 Å². The monoisotopic (exact) mass is 446 g/mol. The van der Waals surface area contributed by atoms with Gasteiger partial charge in [0.05, 0.1) is 0 Å². The summed E-state index contributed by atoms with van der Waals surface area (Å²) in [6.07, 6.45) is 11.9. The van der Waals surface area contributed by atoms with Crippen molar-refractivity contribution in [2.75, 3.05) is 0 Å². The second-order valence-electron chi connectivity index (χ2n) is 12.3. The Balaban J connectivity index is 1.69. The highest BCUT2D eigenvalue weighted by Gasteiger charge is 2.65. The van der Waals surface area contributed by atoms with Crippen LogP contribution in [0, 0.1) is 52.3 Å². The van der Waals surface area contributed by atoms with Gasteiger partial charge in [0.15, 0.2) is 0 Å². The molecule has 182 valence electrons. The first-order chi connectivity index (χ1) is 15.4. The van der Waals surface area contributed by atoms with E-state index in [-0.39, 0.29) is 17.6 Å². The molecule has 0 radical (unpaired) electrons. The van der Waals surface area contributed by atoms with Crippen LogP contribution in [0.2, 0.25) is 0 Å². The van der Waals surface area contributed by atoms with Gasteiger partial charge in [-0.15, -0.1) is 0 Å². The largest absolute Gasteiger partial charge is 0.465 e. The van der Waals surface area contributed by atoms with E-state index < -0.39 is 0 Å². The Morgan fingerprint density at radius 3 is 2.25 bits per heavy atom. The zero-order valence-electron chi connectivity index (χ0n) is 21.1. The van der Waals surface area contributed by atoms with Gasteiger partial charge in [-0.25, -0.2) is 0 Å². The molecule has 4 aliphatic carbocycles. The number of carbonyl (C=O) groups is 2. The molecule has 0 aromatic rings. The Kier molecular flexibility index (Phi) is 6.99. The van der Waals surface area contributed by atoms with Crippen molar-refractivity contribution in [2.24, 2.45) is 52.3 Å². The third-order valence-electron chi connectivity index (χ3n) is 11.3. The molecule has 0 heterocycles. The lowest BCUT2D eigenvalue weighted by molar-refractivity contribution is -0.213. The molecule has 0 saturated heterocycles. The first-order valence-electron chi connectivity index (χ1n) is 13.5. The van der Waals surface area contributed by atoms with E-state index in [2.05, 4.69) is 34.6 Å². The maximum Gasteiger partial charge on any atom is 0.293 e. The summed E-state index contributed by atoms with van der Waals surface area (Å²) in [6.45, 7) is 13.5. The minimum absolute atomic E-state index is 0.0143. The molecule has 0 N–H and O–H groups in total. The molecule has 4 nitrogen and oxygen atoms in total. The Morgan fingerprint density at radius 1 is 0.906 bits per heavy atom. The predicted octanol–water partition coefficient (Wildman–Crippen LogP) is 6.41. The molecule has 32 heavy (non-hydrogen) atoms. The van der Waals surface area contributed by atoms with E-state index in [4.69, 9.17) is 9.47 Å². The lowest BCUT2D eigenvalue weighted by atomic mass is 9.41. The standard InChI is InChI=1S/C28H46O4/c1-6-8-18(3)21-9-10-22-25-23(12-14-27(21,22)4)28(5)13-11-19(31-16-29)15-24(28)20(7-2)26(25)32-17-30/h16-26H,6-15H2,1-5H3/t18-,19-,20-,21?,22+,23+,24+,25+,26-,27?,28?/m1/s1. The van der Waals surface area contributed by atoms with Gasteiger partial charge in [0.2, 0.25) is 0 Å². The van der Waals surface area contributed by atoms with Crippen LogP contribution < -0.4 is 0 Å². The fourth-order valence-corrected chi connectivity index (χ4v) is 10.00. The predicted molar refractivity (Wildman–Crippen MR) is 126 cm³/mol. The fourth-order valence-electron chi connectivity index (χ4n) is 10.00. The molecular formula is C28H46O4. The second-order valence-corrected chi connectivity index (χ2v) is 12.3. The van der Waals surface area contributed by atoms with Crippen molar-refractivity contribution < 1.29 is 19.1 Å². The van der Waals surface area contributed by atoms with Crippen LogP contribution >= 0.6 is 0 Å². The summed E-state index contributed by atoms with van der Waals surface area (Å²) >= 11 is 0. The van der Waals surface area contributed by atoms with E-state index >= 15 is 0 Å². The van der Waals surface area contributed by atoms with Crippen molar-refractivity contribution in [1.29, 1.82) is 0 Å². The average molecular weight is 447 g/mol. The van der Waals surface area contributed by atoms with Crippen LogP contribution in [-0.4, -0.2) is 25.2 Å². The molecule has 4 aliphatic rings. The summed E-state index contributed by atoms with van der Waals surface area (Å²) in [6, 6.07) is 0. The summed E-state index contributed by atoms with van der Waals surface area (Å²) in [7, 11) is 0. The Morgan fingerprint density at radius 2 is 1.59 bits per heavy atom. The Hall–Kier alpha value is -1.06. The van der Waals surface area contributed by atoms with E-state index in [1.807, 2.05) is 0 Å². The van der Waals surface area contributed by atoms with Crippen LogP contribution in [0.4, 0.5) is 0 Å². The molecule has 4 heteroatoms. The summed E-state index contributed by atoms with van der Waals surface area (Å²) in [5.74, 6) is 4.14. The SMILES string of the molecule is CCC[C@@H](C)C1CC[C@H]2[C@@H]3[C@H](OC=O)[C@H](CC)[C@@H]4C[C@H](OC=O)CCC4(C)[C@H]3CCC12C. The van der Waals surface area contributed by atoms with Crippen LogP contribution in [-0.2, 0) is 19.1 Å². The second kappa shape index (κ2) is 9.29. The van der Waals surface area contributed by atoms with E-state index in [1.165, 1.54) is 38.5 Å². The zero-order valence-corrected chi connectivity index (χ0v) is 21.1. The van der Waals surface area contributed by atoms with Gasteiger partial charge in [-0.1, -0.05) is 47.5 Å². The molecule has 0 aliphatic heterocycles. The van der Waals surface area contributed by atoms with Crippen molar-refractivity contribution in [1.82, 2.24) is 0 Å². The molecular weight excluding hydrogens is 400 g/mol. The van der Waals surface area contributed by atoms with Crippen molar-refractivity contribution in [3.8, 4) is 0 Å². The van der Waals surface area contributed by atoms with Crippen molar-refractivity contribution in [3.63, 3.8) is 0 Å². The number of hydrogen-bond donors (Lipinski definition) is 0. The lowest BCUT2D eigenvalue weighted by Gasteiger charge is -2.65. The minimum atomic E-state index is 0.0143. The van der Waals surface area contributed by atoms with E-state index in [9.17, 15) is 9.59 Å². The molecule has 3 unspecified atom stereocenters. The van der Waals surface area contributed by atoms with Crippen LogP contribution in [0.25, 0.3) is 0 Å². The van der Waals surface area contributed by atoms with E-state index in [0.29, 0.717) is 41.5 Å².